The summed E-state index contributed by atoms with van der Waals surface area (Å²) in [6.45, 7) is 3.49. The first-order chi connectivity index (χ1) is 14.8. The average Bonchev–Trinajstić information content (AvgIpc) is 3.18. The molecule has 0 aliphatic carbocycles. The lowest BCUT2D eigenvalue weighted by molar-refractivity contribution is 0.102. The Kier molecular flexibility index (Phi) is 5.58. The topological polar surface area (TPSA) is 101 Å². The number of aromatic nitrogens is 1. The van der Waals surface area contributed by atoms with E-state index in [0.29, 0.717) is 22.7 Å². The molecule has 1 aromatic heterocycles. The summed E-state index contributed by atoms with van der Waals surface area (Å²) in [5.74, 6) is 0.168. The molecule has 0 bridgehead atoms. The third-order valence-corrected chi connectivity index (χ3v) is 6.18. The molecule has 7 nitrogen and oxygen atoms in total. The minimum atomic E-state index is -3.60. The van der Waals surface area contributed by atoms with Crippen molar-refractivity contribution in [2.45, 2.75) is 24.8 Å². The van der Waals surface area contributed by atoms with E-state index >= 15 is 0 Å². The number of rotatable bonds is 6. The van der Waals surface area contributed by atoms with E-state index in [9.17, 15) is 13.2 Å². The molecule has 4 aromatic rings. The molecular weight excluding hydrogens is 414 g/mol. The maximum atomic E-state index is 12.5. The number of hydrogen-bond donors (Lipinski definition) is 2. The van der Waals surface area contributed by atoms with E-state index in [4.69, 9.17) is 4.42 Å². The molecule has 0 spiro atoms. The van der Waals surface area contributed by atoms with Crippen molar-refractivity contribution in [2.75, 3.05) is 5.32 Å². The molecule has 8 heteroatoms. The number of nitrogens with one attached hydrogen (secondary N) is 2. The minimum Gasteiger partial charge on any atom is -0.436 e. The number of benzene rings is 3. The van der Waals surface area contributed by atoms with Crippen molar-refractivity contribution in [2.24, 2.45) is 0 Å². The predicted molar refractivity (Wildman–Crippen MR) is 119 cm³/mol. The van der Waals surface area contributed by atoms with E-state index in [2.05, 4.69) is 15.0 Å². The molecule has 0 aliphatic rings. The molecule has 3 aromatic carbocycles. The maximum Gasteiger partial charge on any atom is 0.255 e. The van der Waals surface area contributed by atoms with Crippen LogP contribution in [0.15, 0.2) is 82.1 Å². The van der Waals surface area contributed by atoms with Crippen molar-refractivity contribution in [1.82, 2.24) is 9.71 Å². The van der Waals surface area contributed by atoms with Gasteiger partial charge in [0.05, 0.1) is 4.90 Å². The van der Waals surface area contributed by atoms with Crippen LogP contribution in [0, 0.1) is 0 Å². The zero-order valence-electron chi connectivity index (χ0n) is 17.0. The summed E-state index contributed by atoms with van der Waals surface area (Å²) in [6, 6.07) is 20.2. The highest BCUT2D eigenvalue weighted by molar-refractivity contribution is 7.89. The van der Waals surface area contributed by atoms with Gasteiger partial charge in [-0.3, -0.25) is 4.79 Å². The van der Waals surface area contributed by atoms with Crippen molar-refractivity contribution in [1.29, 1.82) is 0 Å². The molecule has 0 fully saturated rings. The van der Waals surface area contributed by atoms with Crippen LogP contribution in [-0.4, -0.2) is 25.4 Å². The molecule has 1 amide bonds. The number of amides is 1. The normalized spacial score (nSPS) is 11.7. The number of hydrogen-bond acceptors (Lipinski definition) is 5. The first kappa shape index (κ1) is 20.8. The molecule has 0 radical (unpaired) electrons. The summed E-state index contributed by atoms with van der Waals surface area (Å²) in [4.78, 5) is 17.1. The van der Waals surface area contributed by atoms with Crippen LogP contribution in [0.3, 0.4) is 0 Å². The number of carbonyl (C=O) groups excluding carboxylic acids is 1. The van der Waals surface area contributed by atoms with Crippen molar-refractivity contribution >= 4 is 32.7 Å². The quantitative estimate of drug-likeness (QED) is 0.466. The Balaban J connectivity index is 1.46. The zero-order valence-corrected chi connectivity index (χ0v) is 17.8. The lowest BCUT2D eigenvalue weighted by Crippen LogP contribution is -2.30. The lowest BCUT2D eigenvalue weighted by atomic mass is 10.2. The van der Waals surface area contributed by atoms with Crippen LogP contribution < -0.4 is 10.0 Å². The molecule has 31 heavy (non-hydrogen) atoms. The van der Waals surface area contributed by atoms with Crippen LogP contribution in [0.4, 0.5) is 5.69 Å². The molecule has 2 N–H and O–H groups in total. The summed E-state index contributed by atoms with van der Waals surface area (Å²) in [5.41, 5.74) is 3.24. The van der Waals surface area contributed by atoms with Gasteiger partial charge < -0.3 is 9.73 Å². The zero-order chi connectivity index (χ0) is 22.0. The summed E-state index contributed by atoms with van der Waals surface area (Å²) in [7, 11) is -3.60. The molecular formula is C23H21N3O4S. The maximum absolute atomic E-state index is 12.5. The molecule has 0 atom stereocenters. The van der Waals surface area contributed by atoms with Crippen LogP contribution in [-0.2, 0) is 10.0 Å². The van der Waals surface area contributed by atoms with Crippen molar-refractivity contribution in [3.8, 4) is 11.5 Å². The molecule has 1 heterocycles. The van der Waals surface area contributed by atoms with Gasteiger partial charge in [-0.25, -0.2) is 18.1 Å². The van der Waals surface area contributed by atoms with Gasteiger partial charge in [-0.1, -0.05) is 12.1 Å². The second-order valence-corrected chi connectivity index (χ2v) is 9.03. The second-order valence-electron chi connectivity index (χ2n) is 7.32. The average molecular weight is 436 g/mol. The predicted octanol–water partition coefficient (Wildman–Crippen LogP) is 4.43. The van der Waals surface area contributed by atoms with Crippen molar-refractivity contribution in [3.63, 3.8) is 0 Å². The van der Waals surface area contributed by atoms with E-state index in [1.54, 1.807) is 26.0 Å². The van der Waals surface area contributed by atoms with Gasteiger partial charge in [0.2, 0.25) is 15.9 Å². The van der Waals surface area contributed by atoms with Crippen molar-refractivity contribution in [3.05, 3.63) is 78.4 Å². The highest BCUT2D eigenvalue weighted by atomic mass is 32.2. The van der Waals surface area contributed by atoms with Gasteiger partial charge in [0.15, 0.2) is 5.58 Å². The number of fused-ring (bicyclic) bond motifs is 1. The summed E-state index contributed by atoms with van der Waals surface area (Å²) in [5, 5.41) is 2.80. The highest BCUT2D eigenvalue weighted by Crippen LogP contribution is 2.25. The molecule has 0 saturated carbocycles. The fourth-order valence-electron chi connectivity index (χ4n) is 3.06. The van der Waals surface area contributed by atoms with Gasteiger partial charge in [0.1, 0.15) is 5.52 Å². The van der Waals surface area contributed by atoms with Crippen LogP contribution in [0.5, 0.6) is 0 Å². The van der Waals surface area contributed by atoms with Crippen LogP contribution in [0.25, 0.3) is 22.6 Å². The van der Waals surface area contributed by atoms with Gasteiger partial charge >= 0.3 is 0 Å². The molecule has 0 saturated heterocycles. The number of oxazole rings is 1. The fourth-order valence-corrected chi connectivity index (χ4v) is 4.31. The van der Waals surface area contributed by atoms with E-state index in [0.717, 1.165) is 11.1 Å². The third kappa shape index (κ3) is 4.65. The van der Waals surface area contributed by atoms with Crippen LogP contribution >= 0.6 is 0 Å². The summed E-state index contributed by atoms with van der Waals surface area (Å²) >= 11 is 0. The van der Waals surface area contributed by atoms with Gasteiger partial charge in [-0.2, -0.15) is 0 Å². The molecule has 4 rings (SSSR count). The van der Waals surface area contributed by atoms with Crippen molar-refractivity contribution < 1.29 is 17.6 Å². The minimum absolute atomic E-state index is 0.112. The van der Waals surface area contributed by atoms with Crippen LogP contribution in [0.1, 0.15) is 24.2 Å². The lowest BCUT2D eigenvalue weighted by Gasteiger charge is -2.10. The second kappa shape index (κ2) is 8.33. The standard InChI is InChI=1S/C23H21N3O4S/c1-15(2)26-31(28,29)19-13-9-16(10-14-19)22(27)24-18-11-7-17(8-12-18)23-25-20-5-3-4-6-21(20)30-23/h3-15,26H,1-2H3,(H,24,27). The molecule has 0 unspecified atom stereocenters. The van der Waals surface area contributed by atoms with Gasteiger partial charge in [0.25, 0.3) is 5.91 Å². The number of nitrogens with zero attached hydrogens (tertiary/aromatic N) is 1. The first-order valence-electron chi connectivity index (χ1n) is 9.71. The fraction of sp³-hybridized carbons (Fsp3) is 0.130. The largest absolute Gasteiger partial charge is 0.436 e. The Morgan fingerprint density at radius 2 is 1.61 bits per heavy atom. The number of carbonyl (C=O) groups is 1. The van der Waals surface area contributed by atoms with Crippen LogP contribution in [0.2, 0.25) is 0 Å². The van der Waals surface area contributed by atoms with E-state index in [1.165, 1.54) is 24.3 Å². The molecule has 158 valence electrons. The smallest absolute Gasteiger partial charge is 0.255 e. The summed E-state index contributed by atoms with van der Waals surface area (Å²) in [6.07, 6.45) is 0. The van der Waals surface area contributed by atoms with E-state index < -0.39 is 10.0 Å². The van der Waals surface area contributed by atoms with Gasteiger partial charge in [-0.05, 0) is 74.5 Å². The third-order valence-electron chi connectivity index (χ3n) is 4.50. The Labute approximate surface area is 180 Å². The number of sulfonamides is 1. The van der Waals surface area contributed by atoms with Gasteiger partial charge in [0, 0.05) is 22.9 Å². The molecule has 0 aliphatic heterocycles. The Bertz CT molecular complexity index is 1290. The number of para-hydroxylation sites is 2. The Hall–Kier alpha value is -3.49. The SMILES string of the molecule is CC(C)NS(=O)(=O)c1ccc(C(=O)Nc2ccc(-c3nc4ccccc4o3)cc2)cc1. The monoisotopic (exact) mass is 435 g/mol. The highest BCUT2D eigenvalue weighted by Gasteiger charge is 2.16. The number of anilines is 1. The Morgan fingerprint density at radius 3 is 2.26 bits per heavy atom. The van der Waals surface area contributed by atoms with E-state index in [-0.39, 0.29) is 16.8 Å². The van der Waals surface area contributed by atoms with E-state index in [1.807, 2.05) is 36.4 Å². The first-order valence-corrected chi connectivity index (χ1v) is 11.2. The van der Waals surface area contributed by atoms with Gasteiger partial charge in [-0.15, -0.1) is 0 Å². The summed E-state index contributed by atoms with van der Waals surface area (Å²) < 4.78 is 32.7. The Morgan fingerprint density at radius 1 is 0.935 bits per heavy atom.